The molecule has 6 nitrogen and oxygen atoms in total. The maximum atomic E-state index is 12.5. The number of likely N-dealkylation sites (tertiary alicyclic amines) is 1. The molecule has 1 unspecified atom stereocenters. The number of anilines is 1. The van der Waals surface area contributed by atoms with Gasteiger partial charge in [-0.2, -0.15) is 5.10 Å². The van der Waals surface area contributed by atoms with E-state index in [4.69, 9.17) is 0 Å². The minimum atomic E-state index is -0.322. The Kier molecular flexibility index (Phi) is 4.64. The van der Waals surface area contributed by atoms with E-state index in [0.717, 1.165) is 5.56 Å². The monoisotopic (exact) mass is 326 g/mol. The SMILES string of the molecule is CC(C)n1nccc1NC(=O)C1CC(=O)N(Cc2ccccc2)C1. The largest absolute Gasteiger partial charge is 0.338 e. The van der Waals surface area contributed by atoms with Crippen LogP contribution in [0.25, 0.3) is 0 Å². The summed E-state index contributed by atoms with van der Waals surface area (Å²) in [5.74, 6) is 0.248. The molecule has 1 atom stereocenters. The molecule has 1 saturated heterocycles. The van der Waals surface area contributed by atoms with E-state index in [1.165, 1.54) is 0 Å². The molecule has 0 saturated carbocycles. The summed E-state index contributed by atoms with van der Waals surface area (Å²) in [4.78, 5) is 26.4. The Morgan fingerprint density at radius 1 is 1.29 bits per heavy atom. The lowest BCUT2D eigenvalue weighted by molar-refractivity contribution is -0.128. The Balaban J connectivity index is 1.62. The van der Waals surface area contributed by atoms with Gasteiger partial charge in [0, 0.05) is 31.6 Å². The van der Waals surface area contributed by atoms with Crippen LogP contribution in [-0.4, -0.2) is 33.0 Å². The van der Waals surface area contributed by atoms with Crippen LogP contribution in [0.1, 0.15) is 31.9 Å². The molecule has 1 aliphatic rings. The number of amides is 2. The van der Waals surface area contributed by atoms with Crippen molar-refractivity contribution in [3.8, 4) is 0 Å². The quantitative estimate of drug-likeness (QED) is 0.918. The molecule has 2 heterocycles. The predicted molar refractivity (Wildman–Crippen MR) is 91.2 cm³/mol. The third-order valence-corrected chi connectivity index (χ3v) is 4.21. The minimum absolute atomic E-state index is 0.0244. The van der Waals surface area contributed by atoms with Gasteiger partial charge >= 0.3 is 0 Å². The smallest absolute Gasteiger partial charge is 0.230 e. The first-order chi connectivity index (χ1) is 11.5. The molecule has 2 aromatic rings. The van der Waals surface area contributed by atoms with E-state index < -0.39 is 0 Å². The number of rotatable bonds is 5. The summed E-state index contributed by atoms with van der Waals surface area (Å²) in [6.07, 6.45) is 1.92. The van der Waals surface area contributed by atoms with Gasteiger partial charge in [-0.05, 0) is 19.4 Å². The number of aromatic nitrogens is 2. The van der Waals surface area contributed by atoms with E-state index in [9.17, 15) is 9.59 Å². The van der Waals surface area contributed by atoms with Gasteiger partial charge in [0.1, 0.15) is 5.82 Å². The summed E-state index contributed by atoms with van der Waals surface area (Å²) >= 11 is 0. The normalized spacial score (nSPS) is 17.5. The molecule has 0 bridgehead atoms. The first-order valence-corrected chi connectivity index (χ1v) is 8.20. The van der Waals surface area contributed by atoms with Crippen molar-refractivity contribution in [2.45, 2.75) is 32.9 Å². The first-order valence-electron chi connectivity index (χ1n) is 8.20. The van der Waals surface area contributed by atoms with Crippen LogP contribution in [0.2, 0.25) is 0 Å². The van der Waals surface area contributed by atoms with Crippen LogP contribution in [0.3, 0.4) is 0 Å². The number of carbonyl (C=O) groups is 2. The molecule has 1 N–H and O–H groups in total. The summed E-state index contributed by atoms with van der Waals surface area (Å²) in [6, 6.07) is 11.8. The highest BCUT2D eigenvalue weighted by molar-refractivity contribution is 5.96. The van der Waals surface area contributed by atoms with Crippen LogP contribution in [0.4, 0.5) is 5.82 Å². The molecular weight excluding hydrogens is 304 g/mol. The van der Waals surface area contributed by atoms with Gasteiger partial charge in [-0.25, -0.2) is 4.68 Å². The van der Waals surface area contributed by atoms with Crippen molar-refractivity contribution in [1.82, 2.24) is 14.7 Å². The third kappa shape index (κ3) is 3.48. The van der Waals surface area contributed by atoms with Crippen molar-refractivity contribution >= 4 is 17.6 Å². The molecule has 0 aliphatic carbocycles. The average Bonchev–Trinajstić information content (AvgIpc) is 3.16. The minimum Gasteiger partial charge on any atom is -0.338 e. The summed E-state index contributed by atoms with van der Waals surface area (Å²) in [7, 11) is 0. The lowest BCUT2D eigenvalue weighted by Gasteiger charge is -2.17. The lowest BCUT2D eigenvalue weighted by atomic mass is 10.1. The van der Waals surface area contributed by atoms with E-state index in [1.54, 1.807) is 21.8 Å². The van der Waals surface area contributed by atoms with Gasteiger partial charge in [0.2, 0.25) is 11.8 Å². The van der Waals surface area contributed by atoms with Gasteiger partial charge < -0.3 is 10.2 Å². The Morgan fingerprint density at radius 3 is 2.75 bits per heavy atom. The number of hydrogen-bond donors (Lipinski definition) is 1. The van der Waals surface area contributed by atoms with E-state index in [-0.39, 0.29) is 30.2 Å². The fraction of sp³-hybridized carbons (Fsp3) is 0.389. The fourth-order valence-corrected chi connectivity index (χ4v) is 2.96. The topological polar surface area (TPSA) is 67.2 Å². The second-order valence-corrected chi connectivity index (χ2v) is 6.40. The highest BCUT2D eigenvalue weighted by atomic mass is 16.2. The first kappa shape index (κ1) is 16.2. The van der Waals surface area contributed by atoms with Crippen LogP contribution in [0.15, 0.2) is 42.6 Å². The van der Waals surface area contributed by atoms with E-state index in [2.05, 4.69) is 10.4 Å². The fourth-order valence-electron chi connectivity index (χ4n) is 2.96. The maximum absolute atomic E-state index is 12.5. The Labute approximate surface area is 141 Å². The van der Waals surface area contributed by atoms with Crippen LogP contribution >= 0.6 is 0 Å². The lowest BCUT2D eigenvalue weighted by Crippen LogP contribution is -2.28. The Morgan fingerprint density at radius 2 is 2.04 bits per heavy atom. The zero-order chi connectivity index (χ0) is 17.1. The molecule has 126 valence electrons. The average molecular weight is 326 g/mol. The molecule has 1 aromatic carbocycles. The second-order valence-electron chi connectivity index (χ2n) is 6.40. The molecule has 6 heteroatoms. The molecule has 24 heavy (non-hydrogen) atoms. The highest BCUT2D eigenvalue weighted by Crippen LogP contribution is 2.22. The van der Waals surface area contributed by atoms with Crippen LogP contribution in [0.5, 0.6) is 0 Å². The Hall–Kier alpha value is -2.63. The van der Waals surface area contributed by atoms with Gasteiger partial charge in [-0.1, -0.05) is 30.3 Å². The van der Waals surface area contributed by atoms with Crippen LogP contribution in [-0.2, 0) is 16.1 Å². The standard InChI is InChI=1S/C18H22N4O2/c1-13(2)22-16(8-9-19-22)20-18(24)15-10-17(23)21(12-15)11-14-6-4-3-5-7-14/h3-9,13,15H,10-12H2,1-2H3,(H,20,24). The van der Waals surface area contributed by atoms with Crippen molar-refractivity contribution in [3.05, 3.63) is 48.2 Å². The summed E-state index contributed by atoms with van der Waals surface area (Å²) < 4.78 is 1.76. The van der Waals surface area contributed by atoms with Gasteiger partial charge in [0.25, 0.3) is 0 Å². The zero-order valence-electron chi connectivity index (χ0n) is 14.0. The molecule has 1 aromatic heterocycles. The number of hydrogen-bond acceptors (Lipinski definition) is 3. The third-order valence-electron chi connectivity index (χ3n) is 4.21. The molecule has 3 rings (SSSR count). The summed E-state index contributed by atoms with van der Waals surface area (Å²) in [5.41, 5.74) is 1.07. The van der Waals surface area contributed by atoms with Crippen molar-refractivity contribution in [2.75, 3.05) is 11.9 Å². The van der Waals surface area contributed by atoms with Gasteiger partial charge in [-0.15, -0.1) is 0 Å². The van der Waals surface area contributed by atoms with Crippen LogP contribution in [0, 0.1) is 5.92 Å². The van der Waals surface area contributed by atoms with Crippen LogP contribution < -0.4 is 5.32 Å². The molecule has 2 amide bonds. The van der Waals surface area contributed by atoms with Crippen molar-refractivity contribution in [3.63, 3.8) is 0 Å². The predicted octanol–water partition coefficient (Wildman–Crippen LogP) is 2.45. The molecular formula is C18H22N4O2. The highest BCUT2D eigenvalue weighted by Gasteiger charge is 2.34. The maximum Gasteiger partial charge on any atom is 0.230 e. The van der Waals surface area contributed by atoms with E-state index in [0.29, 0.717) is 18.9 Å². The van der Waals surface area contributed by atoms with Gasteiger partial charge in [0.15, 0.2) is 0 Å². The second kappa shape index (κ2) is 6.86. The molecule has 0 spiro atoms. The number of carbonyl (C=O) groups excluding carboxylic acids is 2. The van der Waals surface area contributed by atoms with Gasteiger partial charge in [-0.3, -0.25) is 9.59 Å². The molecule has 1 aliphatic heterocycles. The van der Waals surface area contributed by atoms with Gasteiger partial charge in [0.05, 0.1) is 12.1 Å². The van der Waals surface area contributed by atoms with E-state index in [1.807, 2.05) is 44.2 Å². The molecule has 1 fully saturated rings. The Bertz CT molecular complexity index is 724. The van der Waals surface area contributed by atoms with Crippen molar-refractivity contribution in [1.29, 1.82) is 0 Å². The molecule has 0 radical (unpaired) electrons. The van der Waals surface area contributed by atoms with E-state index >= 15 is 0 Å². The number of benzene rings is 1. The van der Waals surface area contributed by atoms with Crippen molar-refractivity contribution in [2.24, 2.45) is 5.92 Å². The summed E-state index contributed by atoms with van der Waals surface area (Å²) in [5, 5.41) is 7.11. The number of nitrogens with one attached hydrogen (secondary N) is 1. The number of nitrogens with zero attached hydrogens (tertiary/aromatic N) is 3. The summed E-state index contributed by atoms with van der Waals surface area (Å²) in [6.45, 7) is 5.01. The zero-order valence-corrected chi connectivity index (χ0v) is 14.0. The van der Waals surface area contributed by atoms with Crippen molar-refractivity contribution < 1.29 is 9.59 Å².